The zero-order valence-corrected chi connectivity index (χ0v) is 13.3. The molecule has 0 aromatic carbocycles. The standard InChI is InChI=1S/C11H13F5N4.C2HF3O2/c12-10(13)6-17-2-1-7(10)3-18-9-19-4-8(5-20-9)11(14,15)16;3-2(4,5)1(6)7/h4-5,7,17H,1-3,6H2,(H,18,19,20);(H,6,7)/t7-;/m1./s1. The maximum Gasteiger partial charge on any atom is 0.490 e. The molecule has 154 valence electrons. The van der Waals surface area contributed by atoms with Gasteiger partial charge in [-0.25, -0.2) is 23.5 Å². The quantitative estimate of drug-likeness (QED) is 0.665. The van der Waals surface area contributed by atoms with Gasteiger partial charge in [0.05, 0.1) is 12.1 Å². The molecule has 14 heteroatoms. The van der Waals surface area contributed by atoms with E-state index in [1.165, 1.54) is 0 Å². The molecule has 1 saturated heterocycles. The second-order valence-corrected chi connectivity index (χ2v) is 5.40. The van der Waals surface area contributed by atoms with Gasteiger partial charge < -0.3 is 15.7 Å². The number of halogens is 8. The highest BCUT2D eigenvalue weighted by molar-refractivity contribution is 5.73. The molecular weight excluding hydrogens is 396 g/mol. The van der Waals surface area contributed by atoms with Gasteiger partial charge in [-0.2, -0.15) is 26.3 Å². The predicted molar refractivity (Wildman–Crippen MR) is 75.1 cm³/mol. The van der Waals surface area contributed by atoms with Crippen LogP contribution in [-0.2, 0) is 11.0 Å². The van der Waals surface area contributed by atoms with Crippen LogP contribution < -0.4 is 10.6 Å². The van der Waals surface area contributed by atoms with Gasteiger partial charge in [0.15, 0.2) is 0 Å². The van der Waals surface area contributed by atoms with Gasteiger partial charge in [0, 0.05) is 24.9 Å². The summed E-state index contributed by atoms with van der Waals surface area (Å²) in [6.45, 7) is 0.00304. The Morgan fingerprint density at radius 2 is 1.74 bits per heavy atom. The van der Waals surface area contributed by atoms with Crippen LogP contribution >= 0.6 is 0 Å². The molecule has 0 unspecified atom stereocenters. The first-order valence-electron chi connectivity index (χ1n) is 7.25. The van der Waals surface area contributed by atoms with E-state index in [0.29, 0.717) is 18.9 Å². The zero-order valence-electron chi connectivity index (χ0n) is 13.3. The Bertz CT molecular complexity index is 618. The van der Waals surface area contributed by atoms with Crippen molar-refractivity contribution >= 4 is 11.9 Å². The number of aliphatic carboxylic acids is 1. The molecule has 2 rings (SSSR count). The van der Waals surface area contributed by atoms with Crippen molar-refractivity contribution in [3.8, 4) is 0 Å². The van der Waals surface area contributed by atoms with Crippen molar-refractivity contribution in [2.75, 3.05) is 25.0 Å². The van der Waals surface area contributed by atoms with Gasteiger partial charge in [-0.05, 0) is 13.0 Å². The summed E-state index contributed by atoms with van der Waals surface area (Å²) in [6.07, 6.45) is -8.08. The summed E-state index contributed by atoms with van der Waals surface area (Å²) < 4.78 is 95.6. The van der Waals surface area contributed by atoms with Crippen LogP contribution in [0.4, 0.5) is 41.1 Å². The Kier molecular flexibility index (Phi) is 7.28. The molecule has 1 aliphatic rings. The predicted octanol–water partition coefficient (Wildman–Crippen LogP) is 2.79. The smallest absolute Gasteiger partial charge is 0.475 e. The summed E-state index contributed by atoms with van der Waals surface area (Å²) in [5.41, 5.74) is -0.977. The monoisotopic (exact) mass is 410 g/mol. The Balaban J connectivity index is 0.000000445. The minimum Gasteiger partial charge on any atom is -0.475 e. The van der Waals surface area contributed by atoms with Crippen molar-refractivity contribution in [3.63, 3.8) is 0 Å². The lowest BCUT2D eigenvalue weighted by atomic mass is 9.94. The minimum atomic E-state index is -5.08. The molecule has 0 bridgehead atoms. The summed E-state index contributed by atoms with van der Waals surface area (Å²) >= 11 is 0. The summed E-state index contributed by atoms with van der Waals surface area (Å²) in [5.74, 6) is -6.59. The molecule has 3 N–H and O–H groups in total. The highest BCUT2D eigenvalue weighted by Gasteiger charge is 2.41. The first kappa shape index (κ1) is 22.8. The maximum absolute atomic E-state index is 13.5. The lowest BCUT2D eigenvalue weighted by Gasteiger charge is -2.31. The Labute approximate surface area is 147 Å². The van der Waals surface area contributed by atoms with Crippen molar-refractivity contribution in [2.45, 2.75) is 24.7 Å². The first-order chi connectivity index (χ1) is 12.2. The number of hydrogen-bond acceptors (Lipinski definition) is 5. The number of carboxylic acids is 1. The molecule has 0 saturated carbocycles. The summed E-state index contributed by atoms with van der Waals surface area (Å²) in [6, 6.07) is 0. The normalized spacial score (nSPS) is 19.6. The largest absolute Gasteiger partial charge is 0.490 e. The topological polar surface area (TPSA) is 87.1 Å². The molecule has 2 heterocycles. The van der Waals surface area contributed by atoms with Crippen molar-refractivity contribution < 1.29 is 45.0 Å². The lowest BCUT2D eigenvalue weighted by molar-refractivity contribution is -0.192. The number of aromatic nitrogens is 2. The van der Waals surface area contributed by atoms with E-state index in [1.54, 1.807) is 0 Å². The van der Waals surface area contributed by atoms with Crippen molar-refractivity contribution in [2.24, 2.45) is 5.92 Å². The number of rotatable bonds is 3. The van der Waals surface area contributed by atoms with Crippen LogP contribution in [0.15, 0.2) is 12.4 Å². The van der Waals surface area contributed by atoms with Gasteiger partial charge in [0.2, 0.25) is 5.95 Å². The van der Waals surface area contributed by atoms with E-state index >= 15 is 0 Å². The molecule has 0 spiro atoms. The van der Waals surface area contributed by atoms with E-state index in [-0.39, 0.29) is 18.9 Å². The van der Waals surface area contributed by atoms with Gasteiger partial charge in [-0.1, -0.05) is 0 Å². The average molecular weight is 410 g/mol. The van der Waals surface area contributed by atoms with E-state index in [2.05, 4.69) is 20.6 Å². The van der Waals surface area contributed by atoms with Crippen LogP contribution in [0.2, 0.25) is 0 Å². The summed E-state index contributed by atoms with van der Waals surface area (Å²) in [4.78, 5) is 15.8. The molecule has 0 radical (unpaired) electrons. The molecule has 0 aliphatic carbocycles. The number of carbonyl (C=O) groups is 1. The molecule has 27 heavy (non-hydrogen) atoms. The number of carboxylic acid groups (broad SMARTS) is 1. The SMILES string of the molecule is FC(F)(F)c1cnc(NC[C@H]2CCNCC2(F)F)nc1.O=C(O)C(F)(F)F. The van der Waals surface area contributed by atoms with E-state index < -0.39 is 42.3 Å². The van der Waals surface area contributed by atoms with E-state index in [1.807, 2.05) is 0 Å². The van der Waals surface area contributed by atoms with Crippen LogP contribution in [-0.4, -0.2) is 52.8 Å². The third-order valence-electron chi connectivity index (χ3n) is 3.36. The van der Waals surface area contributed by atoms with E-state index in [9.17, 15) is 35.1 Å². The molecule has 6 nitrogen and oxygen atoms in total. The highest BCUT2D eigenvalue weighted by atomic mass is 19.4. The molecular formula is C13H14F8N4O2. The number of piperidine rings is 1. The fourth-order valence-corrected chi connectivity index (χ4v) is 1.92. The van der Waals surface area contributed by atoms with Gasteiger partial charge in [0.25, 0.3) is 5.92 Å². The number of nitrogens with one attached hydrogen (secondary N) is 2. The van der Waals surface area contributed by atoms with Crippen LogP contribution in [0.3, 0.4) is 0 Å². The van der Waals surface area contributed by atoms with Crippen molar-refractivity contribution in [1.82, 2.24) is 15.3 Å². The van der Waals surface area contributed by atoms with Gasteiger partial charge >= 0.3 is 18.3 Å². The zero-order chi connectivity index (χ0) is 20.9. The molecule has 0 amide bonds. The van der Waals surface area contributed by atoms with Crippen molar-refractivity contribution in [1.29, 1.82) is 0 Å². The van der Waals surface area contributed by atoms with Crippen LogP contribution in [0.1, 0.15) is 12.0 Å². The first-order valence-corrected chi connectivity index (χ1v) is 7.25. The Morgan fingerprint density at radius 3 is 2.15 bits per heavy atom. The lowest BCUT2D eigenvalue weighted by Crippen LogP contribution is -2.48. The van der Waals surface area contributed by atoms with Crippen LogP contribution in [0.25, 0.3) is 0 Å². The third-order valence-corrected chi connectivity index (χ3v) is 3.36. The van der Waals surface area contributed by atoms with Crippen LogP contribution in [0.5, 0.6) is 0 Å². The number of nitrogens with zero attached hydrogens (tertiary/aromatic N) is 2. The Morgan fingerprint density at radius 1 is 1.22 bits per heavy atom. The fourth-order valence-electron chi connectivity index (χ4n) is 1.92. The van der Waals surface area contributed by atoms with Gasteiger partial charge in [-0.3, -0.25) is 0 Å². The number of anilines is 1. The number of alkyl halides is 8. The third kappa shape index (κ3) is 7.48. The molecule has 1 atom stereocenters. The molecule has 1 aromatic rings. The maximum atomic E-state index is 13.5. The minimum absolute atomic E-state index is 0.0833. The molecule has 1 aromatic heterocycles. The summed E-state index contributed by atoms with van der Waals surface area (Å²) in [5, 5.41) is 12.3. The average Bonchev–Trinajstić information content (AvgIpc) is 2.52. The molecule has 1 aliphatic heterocycles. The van der Waals surface area contributed by atoms with Crippen molar-refractivity contribution in [3.05, 3.63) is 18.0 Å². The fraction of sp³-hybridized carbons (Fsp3) is 0.615. The second kappa shape index (κ2) is 8.63. The molecule has 1 fully saturated rings. The van der Waals surface area contributed by atoms with Gasteiger partial charge in [-0.15, -0.1) is 0 Å². The van der Waals surface area contributed by atoms with Crippen LogP contribution in [0, 0.1) is 5.92 Å². The number of hydrogen-bond donors (Lipinski definition) is 3. The second-order valence-electron chi connectivity index (χ2n) is 5.40. The van der Waals surface area contributed by atoms with E-state index in [4.69, 9.17) is 9.90 Å². The summed E-state index contributed by atoms with van der Waals surface area (Å²) in [7, 11) is 0. The highest BCUT2D eigenvalue weighted by Crippen LogP contribution is 2.30. The Hall–Kier alpha value is -2.25. The van der Waals surface area contributed by atoms with E-state index in [0.717, 1.165) is 0 Å². The van der Waals surface area contributed by atoms with Gasteiger partial charge in [0.1, 0.15) is 0 Å².